The van der Waals surface area contributed by atoms with E-state index in [1.807, 2.05) is 6.92 Å². The Morgan fingerprint density at radius 2 is 1.93 bits per heavy atom. The minimum atomic E-state index is -0.144. The maximum Gasteiger partial charge on any atom is 0.246 e. The molecule has 0 heterocycles. The van der Waals surface area contributed by atoms with E-state index in [0.717, 1.165) is 0 Å². The molecule has 0 aromatic carbocycles. The summed E-state index contributed by atoms with van der Waals surface area (Å²) in [5.74, 6) is -0.206. The van der Waals surface area contributed by atoms with Crippen LogP contribution in [0.1, 0.15) is 13.8 Å². The SMILES string of the molecule is C=C(C)C(=O)NCC.C=CC(=O)NC. The molecule has 0 aromatic rings. The van der Waals surface area contributed by atoms with Crippen molar-refractivity contribution in [3.63, 3.8) is 0 Å². The van der Waals surface area contributed by atoms with Crippen molar-refractivity contribution in [1.29, 1.82) is 0 Å². The lowest BCUT2D eigenvalue weighted by Gasteiger charge is -1.97. The number of hydrogen-bond acceptors (Lipinski definition) is 2. The Balaban J connectivity index is 0. The third-order valence-electron chi connectivity index (χ3n) is 1.16. The van der Waals surface area contributed by atoms with Gasteiger partial charge >= 0.3 is 0 Å². The second-order valence-corrected chi connectivity index (χ2v) is 2.46. The Morgan fingerprint density at radius 1 is 1.43 bits per heavy atom. The zero-order valence-corrected chi connectivity index (χ0v) is 9.02. The van der Waals surface area contributed by atoms with Gasteiger partial charge in [0.25, 0.3) is 0 Å². The third-order valence-corrected chi connectivity index (χ3v) is 1.16. The molecule has 0 radical (unpaired) electrons. The Morgan fingerprint density at radius 3 is 2.00 bits per heavy atom. The molecular weight excluding hydrogens is 180 g/mol. The van der Waals surface area contributed by atoms with Gasteiger partial charge in [0.05, 0.1) is 0 Å². The summed E-state index contributed by atoms with van der Waals surface area (Å²) in [6, 6.07) is 0. The first-order chi connectivity index (χ1) is 6.49. The van der Waals surface area contributed by atoms with Crippen LogP contribution >= 0.6 is 0 Å². The van der Waals surface area contributed by atoms with Crippen molar-refractivity contribution in [2.24, 2.45) is 0 Å². The molecule has 2 N–H and O–H groups in total. The fraction of sp³-hybridized carbons (Fsp3) is 0.400. The van der Waals surface area contributed by atoms with Crippen LogP contribution < -0.4 is 10.6 Å². The van der Waals surface area contributed by atoms with Crippen LogP contribution in [0.25, 0.3) is 0 Å². The summed E-state index contributed by atoms with van der Waals surface area (Å²) in [7, 11) is 1.56. The quantitative estimate of drug-likeness (QED) is 0.653. The van der Waals surface area contributed by atoms with Crippen molar-refractivity contribution < 1.29 is 9.59 Å². The van der Waals surface area contributed by atoms with E-state index in [-0.39, 0.29) is 11.8 Å². The van der Waals surface area contributed by atoms with E-state index in [4.69, 9.17) is 0 Å². The summed E-state index contributed by atoms with van der Waals surface area (Å²) in [4.78, 5) is 20.5. The second-order valence-electron chi connectivity index (χ2n) is 2.46. The topological polar surface area (TPSA) is 58.2 Å². The van der Waals surface area contributed by atoms with Gasteiger partial charge in [-0.2, -0.15) is 0 Å². The lowest BCUT2D eigenvalue weighted by Crippen LogP contribution is -2.22. The van der Waals surface area contributed by atoms with Gasteiger partial charge in [0.2, 0.25) is 11.8 Å². The van der Waals surface area contributed by atoms with E-state index in [1.165, 1.54) is 6.08 Å². The van der Waals surface area contributed by atoms with Crippen LogP contribution in [0, 0.1) is 0 Å². The fourth-order valence-electron chi connectivity index (χ4n) is 0.414. The summed E-state index contributed by atoms with van der Waals surface area (Å²) >= 11 is 0. The predicted octanol–water partition coefficient (Wildman–Crippen LogP) is 0.617. The average Bonchev–Trinajstić information content (AvgIpc) is 2.18. The van der Waals surface area contributed by atoms with Gasteiger partial charge in [0, 0.05) is 19.2 Å². The number of likely N-dealkylation sites (N-methyl/N-ethyl adjacent to an activating group) is 2. The molecule has 0 fully saturated rings. The summed E-state index contributed by atoms with van der Waals surface area (Å²) in [5, 5.41) is 4.96. The number of carbonyl (C=O) groups is 2. The van der Waals surface area contributed by atoms with Crippen molar-refractivity contribution in [2.75, 3.05) is 13.6 Å². The predicted molar refractivity (Wildman–Crippen MR) is 57.8 cm³/mol. The van der Waals surface area contributed by atoms with Crippen molar-refractivity contribution in [3.8, 4) is 0 Å². The lowest BCUT2D eigenvalue weighted by molar-refractivity contribution is -0.117. The van der Waals surface area contributed by atoms with Crippen LogP contribution in [-0.2, 0) is 9.59 Å². The molecule has 0 aliphatic rings. The first-order valence-corrected chi connectivity index (χ1v) is 4.27. The molecule has 2 amide bonds. The maximum absolute atomic E-state index is 10.5. The van der Waals surface area contributed by atoms with Crippen LogP contribution in [-0.4, -0.2) is 25.4 Å². The number of amides is 2. The number of carbonyl (C=O) groups excluding carboxylic acids is 2. The minimum absolute atomic E-state index is 0.0625. The van der Waals surface area contributed by atoms with E-state index < -0.39 is 0 Å². The monoisotopic (exact) mass is 198 g/mol. The van der Waals surface area contributed by atoms with Gasteiger partial charge in [-0.05, 0) is 19.9 Å². The van der Waals surface area contributed by atoms with Gasteiger partial charge in [0.15, 0.2) is 0 Å². The van der Waals surface area contributed by atoms with Crippen LogP contribution in [0.2, 0.25) is 0 Å². The zero-order chi connectivity index (χ0) is 11.6. The van der Waals surface area contributed by atoms with Crippen LogP contribution in [0.4, 0.5) is 0 Å². The standard InChI is InChI=1S/C6H11NO.C4H7NO/c1-4-7-6(8)5(2)3;1-3-4(6)5-2/h2,4H2,1,3H3,(H,7,8);3H,1H2,2H3,(H,5,6). The van der Waals surface area contributed by atoms with Crippen molar-refractivity contribution in [2.45, 2.75) is 13.8 Å². The van der Waals surface area contributed by atoms with E-state index in [2.05, 4.69) is 23.8 Å². The van der Waals surface area contributed by atoms with E-state index >= 15 is 0 Å². The maximum atomic E-state index is 10.5. The molecule has 14 heavy (non-hydrogen) atoms. The second kappa shape index (κ2) is 9.51. The van der Waals surface area contributed by atoms with E-state index in [0.29, 0.717) is 12.1 Å². The molecule has 0 spiro atoms. The summed E-state index contributed by atoms with van der Waals surface area (Å²) < 4.78 is 0. The highest BCUT2D eigenvalue weighted by atomic mass is 16.2. The molecule has 0 atom stereocenters. The number of hydrogen-bond donors (Lipinski definition) is 2. The van der Waals surface area contributed by atoms with Crippen molar-refractivity contribution in [1.82, 2.24) is 10.6 Å². The zero-order valence-electron chi connectivity index (χ0n) is 9.02. The fourth-order valence-corrected chi connectivity index (χ4v) is 0.414. The van der Waals surface area contributed by atoms with Gasteiger partial charge in [-0.15, -0.1) is 0 Å². The highest BCUT2D eigenvalue weighted by Gasteiger charge is 1.95. The van der Waals surface area contributed by atoms with Crippen LogP contribution in [0.3, 0.4) is 0 Å². The normalized spacial score (nSPS) is 7.64. The molecule has 0 saturated heterocycles. The Hall–Kier alpha value is -1.58. The Kier molecular flexibility index (Phi) is 10.1. The van der Waals surface area contributed by atoms with Gasteiger partial charge in [-0.25, -0.2) is 0 Å². The average molecular weight is 198 g/mol. The molecule has 80 valence electrons. The minimum Gasteiger partial charge on any atom is -0.356 e. The summed E-state index contributed by atoms with van der Waals surface area (Å²) in [6.45, 7) is 10.9. The molecule has 4 nitrogen and oxygen atoms in total. The highest BCUT2D eigenvalue weighted by Crippen LogP contribution is 1.82. The van der Waals surface area contributed by atoms with Gasteiger partial charge in [-0.3, -0.25) is 9.59 Å². The molecule has 0 aliphatic heterocycles. The smallest absolute Gasteiger partial charge is 0.246 e. The van der Waals surface area contributed by atoms with Crippen LogP contribution in [0.5, 0.6) is 0 Å². The first-order valence-electron chi connectivity index (χ1n) is 4.27. The molecule has 0 unspecified atom stereocenters. The highest BCUT2D eigenvalue weighted by molar-refractivity contribution is 5.91. The molecule has 0 aromatic heterocycles. The summed E-state index contributed by atoms with van der Waals surface area (Å²) in [5.41, 5.74) is 0.562. The molecule has 0 rings (SSSR count). The summed E-state index contributed by atoms with van der Waals surface area (Å²) in [6.07, 6.45) is 1.22. The van der Waals surface area contributed by atoms with Gasteiger partial charge in [0.1, 0.15) is 0 Å². The number of rotatable bonds is 3. The third kappa shape index (κ3) is 10.4. The molecule has 0 bridgehead atoms. The van der Waals surface area contributed by atoms with Crippen LogP contribution in [0.15, 0.2) is 24.8 Å². The molecule has 4 heteroatoms. The Bertz CT molecular complexity index is 222. The lowest BCUT2D eigenvalue weighted by atomic mass is 10.3. The molecule has 0 saturated carbocycles. The van der Waals surface area contributed by atoms with Crippen molar-refractivity contribution >= 4 is 11.8 Å². The largest absolute Gasteiger partial charge is 0.356 e. The van der Waals surface area contributed by atoms with E-state index in [1.54, 1.807) is 14.0 Å². The van der Waals surface area contributed by atoms with Gasteiger partial charge in [-0.1, -0.05) is 13.2 Å². The van der Waals surface area contributed by atoms with Gasteiger partial charge < -0.3 is 10.6 Å². The van der Waals surface area contributed by atoms with Crippen molar-refractivity contribution in [3.05, 3.63) is 24.8 Å². The number of nitrogens with one attached hydrogen (secondary N) is 2. The van der Waals surface area contributed by atoms with E-state index in [9.17, 15) is 9.59 Å². The molecule has 0 aliphatic carbocycles. The Labute approximate surface area is 85.1 Å². The molecular formula is C10H18N2O2. The first kappa shape index (κ1) is 14.9.